The zero-order chi connectivity index (χ0) is 22.2. The molecule has 4 rings (SSSR count). The van der Waals surface area contributed by atoms with Crippen LogP contribution in [0.4, 0.5) is 5.82 Å². The van der Waals surface area contributed by atoms with Crippen LogP contribution >= 0.6 is 0 Å². The van der Waals surface area contributed by atoms with Crippen LogP contribution in [0.2, 0.25) is 0 Å². The second-order valence-corrected chi connectivity index (χ2v) is 8.53. The maximum Gasteiger partial charge on any atom is 0.267 e. The van der Waals surface area contributed by atoms with Crippen LogP contribution in [0, 0.1) is 6.92 Å². The minimum absolute atomic E-state index is 0.0975. The van der Waals surface area contributed by atoms with Crippen molar-refractivity contribution >= 4 is 17.8 Å². The molecule has 1 amide bonds. The van der Waals surface area contributed by atoms with Crippen molar-refractivity contribution < 1.29 is 14.4 Å². The smallest absolute Gasteiger partial charge is 0.267 e. The molecule has 2 aromatic rings. The van der Waals surface area contributed by atoms with Gasteiger partial charge in [-0.25, -0.2) is 15.3 Å². The summed E-state index contributed by atoms with van der Waals surface area (Å²) < 4.78 is 5.41. The number of hydroxylamine groups is 1. The molecule has 170 valence electrons. The molecule has 1 aromatic carbocycles. The number of hydrogen-bond acceptors (Lipinski definition) is 7. The van der Waals surface area contributed by atoms with Gasteiger partial charge >= 0.3 is 0 Å². The fourth-order valence-electron chi connectivity index (χ4n) is 4.03. The van der Waals surface area contributed by atoms with Gasteiger partial charge in [-0.3, -0.25) is 9.78 Å². The summed E-state index contributed by atoms with van der Waals surface area (Å²) in [5.74, 6) is 0.359. The molecule has 1 aromatic heterocycles. The Morgan fingerprint density at radius 2 is 2.16 bits per heavy atom. The molecule has 2 saturated heterocycles. The number of anilines is 1. The van der Waals surface area contributed by atoms with Crippen LogP contribution < -0.4 is 16.1 Å². The number of nitrogens with one attached hydrogen (secondary N) is 3. The third kappa shape index (κ3) is 6.35. The van der Waals surface area contributed by atoms with E-state index in [-0.39, 0.29) is 17.7 Å². The fraction of sp³-hybridized carbons (Fsp3) is 0.458. The normalized spacial score (nSPS) is 23.3. The highest BCUT2D eigenvalue weighted by Gasteiger charge is 2.34. The molecular formula is C24H31N5O3. The van der Waals surface area contributed by atoms with E-state index in [1.807, 2.05) is 0 Å². The van der Waals surface area contributed by atoms with Crippen LogP contribution in [0.1, 0.15) is 42.5 Å². The van der Waals surface area contributed by atoms with Gasteiger partial charge in [0.25, 0.3) is 5.91 Å². The highest BCUT2D eigenvalue weighted by Crippen LogP contribution is 2.25. The van der Waals surface area contributed by atoms with Crippen molar-refractivity contribution in [2.75, 3.05) is 25.0 Å². The van der Waals surface area contributed by atoms with Gasteiger partial charge in [-0.15, -0.1) is 0 Å². The standard InChI is InChI=1S/C24H31N5O3/c1-18-5-7-19(8-6-18)14-24(11-12-25-17-24)28-21-16-26-20(15-27-21)9-10-22(30)29-32-23-4-2-3-13-31-23/h5-10,15-16,23,25H,2-4,11-14,17H2,1H3,(H,27,28)(H,29,30)/b10-9+/t23?,24-/m0/s1. The van der Waals surface area contributed by atoms with Crippen molar-refractivity contribution in [3.63, 3.8) is 0 Å². The van der Waals surface area contributed by atoms with Gasteiger partial charge in [-0.05, 0) is 50.8 Å². The molecule has 2 aliphatic heterocycles. The number of aromatic nitrogens is 2. The molecule has 32 heavy (non-hydrogen) atoms. The number of benzene rings is 1. The first-order chi connectivity index (χ1) is 15.6. The maximum atomic E-state index is 11.9. The molecule has 2 atom stereocenters. The Kier molecular flexibility index (Phi) is 7.47. The average molecular weight is 438 g/mol. The SMILES string of the molecule is Cc1ccc(C[C@@]2(Nc3cnc(/C=C/C(=O)NOC4CCCCO4)cn3)CCNC2)cc1. The Labute approximate surface area is 188 Å². The monoisotopic (exact) mass is 437 g/mol. The van der Waals surface area contributed by atoms with Crippen molar-refractivity contribution in [2.45, 2.75) is 50.9 Å². The maximum absolute atomic E-state index is 11.9. The molecule has 1 unspecified atom stereocenters. The van der Waals surface area contributed by atoms with Crippen LogP contribution in [0.3, 0.4) is 0 Å². The van der Waals surface area contributed by atoms with Crippen molar-refractivity contribution in [2.24, 2.45) is 0 Å². The van der Waals surface area contributed by atoms with Gasteiger partial charge in [0.15, 0.2) is 6.29 Å². The van der Waals surface area contributed by atoms with E-state index in [0.29, 0.717) is 12.3 Å². The lowest BCUT2D eigenvalue weighted by Gasteiger charge is -2.30. The predicted octanol–water partition coefficient (Wildman–Crippen LogP) is 2.76. The topological polar surface area (TPSA) is 97.4 Å². The Bertz CT molecular complexity index is 902. The minimum atomic E-state index is -0.372. The summed E-state index contributed by atoms with van der Waals surface area (Å²) in [6.07, 6.45) is 10.7. The van der Waals surface area contributed by atoms with E-state index in [2.05, 4.69) is 57.3 Å². The summed E-state index contributed by atoms with van der Waals surface area (Å²) in [6, 6.07) is 8.67. The van der Waals surface area contributed by atoms with Crippen LogP contribution in [0.25, 0.3) is 6.08 Å². The van der Waals surface area contributed by atoms with E-state index in [9.17, 15) is 4.79 Å². The molecule has 3 heterocycles. The van der Waals surface area contributed by atoms with E-state index in [1.165, 1.54) is 17.2 Å². The van der Waals surface area contributed by atoms with Crippen molar-refractivity contribution in [1.29, 1.82) is 0 Å². The summed E-state index contributed by atoms with van der Waals surface area (Å²) in [7, 11) is 0. The predicted molar refractivity (Wildman–Crippen MR) is 123 cm³/mol. The van der Waals surface area contributed by atoms with E-state index in [0.717, 1.165) is 51.0 Å². The van der Waals surface area contributed by atoms with Crippen molar-refractivity contribution in [3.8, 4) is 0 Å². The van der Waals surface area contributed by atoms with Gasteiger partial charge in [-0.1, -0.05) is 29.8 Å². The molecule has 0 radical (unpaired) electrons. The lowest BCUT2D eigenvalue weighted by molar-refractivity contribution is -0.198. The van der Waals surface area contributed by atoms with Gasteiger partial charge in [0, 0.05) is 25.6 Å². The zero-order valence-electron chi connectivity index (χ0n) is 18.5. The second-order valence-electron chi connectivity index (χ2n) is 8.53. The highest BCUT2D eigenvalue weighted by atomic mass is 16.8. The number of carbonyl (C=O) groups excluding carboxylic acids is 1. The molecule has 2 fully saturated rings. The molecule has 0 saturated carbocycles. The van der Waals surface area contributed by atoms with E-state index < -0.39 is 0 Å². The van der Waals surface area contributed by atoms with Gasteiger partial charge in [-0.2, -0.15) is 0 Å². The van der Waals surface area contributed by atoms with E-state index >= 15 is 0 Å². The largest absolute Gasteiger partial charge is 0.362 e. The Hall–Kier alpha value is -2.81. The first kappa shape index (κ1) is 22.4. The highest BCUT2D eigenvalue weighted by molar-refractivity contribution is 5.90. The lowest BCUT2D eigenvalue weighted by Crippen LogP contribution is -2.43. The number of ether oxygens (including phenoxy) is 1. The van der Waals surface area contributed by atoms with Crippen molar-refractivity contribution in [1.82, 2.24) is 20.8 Å². The molecule has 0 bridgehead atoms. The summed E-state index contributed by atoms with van der Waals surface area (Å²) in [4.78, 5) is 26.1. The lowest BCUT2D eigenvalue weighted by atomic mass is 9.89. The summed E-state index contributed by atoms with van der Waals surface area (Å²) >= 11 is 0. The van der Waals surface area contributed by atoms with Crippen LogP contribution in [-0.4, -0.2) is 47.4 Å². The first-order valence-corrected chi connectivity index (χ1v) is 11.2. The average Bonchev–Trinajstić information content (AvgIpc) is 3.27. The van der Waals surface area contributed by atoms with E-state index in [4.69, 9.17) is 9.57 Å². The molecule has 0 spiro atoms. The number of aryl methyl sites for hydroxylation is 1. The van der Waals surface area contributed by atoms with Crippen LogP contribution in [0.5, 0.6) is 0 Å². The van der Waals surface area contributed by atoms with E-state index in [1.54, 1.807) is 18.5 Å². The molecule has 0 aliphatic carbocycles. The van der Waals surface area contributed by atoms with Gasteiger partial charge in [0.1, 0.15) is 5.82 Å². The number of nitrogens with zero attached hydrogens (tertiary/aromatic N) is 2. The molecular weight excluding hydrogens is 406 g/mol. The summed E-state index contributed by atoms with van der Waals surface area (Å²) in [6.45, 7) is 4.60. The summed E-state index contributed by atoms with van der Waals surface area (Å²) in [5, 5.41) is 7.05. The fourth-order valence-corrected chi connectivity index (χ4v) is 4.03. The second kappa shape index (κ2) is 10.7. The Morgan fingerprint density at radius 1 is 1.28 bits per heavy atom. The van der Waals surface area contributed by atoms with Gasteiger partial charge < -0.3 is 15.4 Å². The molecule has 8 nitrogen and oxygen atoms in total. The Morgan fingerprint density at radius 3 is 2.84 bits per heavy atom. The number of hydrogen-bond donors (Lipinski definition) is 3. The summed E-state index contributed by atoms with van der Waals surface area (Å²) in [5.41, 5.74) is 5.45. The van der Waals surface area contributed by atoms with Gasteiger partial charge in [0.05, 0.1) is 23.6 Å². The molecule has 3 N–H and O–H groups in total. The molecule has 8 heteroatoms. The van der Waals surface area contributed by atoms with Crippen LogP contribution in [0.15, 0.2) is 42.7 Å². The molecule has 2 aliphatic rings. The van der Waals surface area contributed by atoms with Crippen molar-refractivity contribution in [3.05, 3.63) is 59.6 Å². The number of amides is 1. The first-order valence-electron chi connectivity index (χ1n) is 11.2. The quantitative estimate of drug-likeness (QED) is 0.432. The third-order valence-electron chi connectivity index (χ3n) is 5.81. The minimum Gasteiger partial charge on any atom is -0.362 e. The number of carbonyl (C=O) groups is 1. The third-order valence-corrected chi connectivity index (χ3v) is 5.81. The van der Waals surface area contributed by atoms with Gasteiger partial charge in [0.2, 0.25) is 0 Å². The zero-order valence-corrected chi connectivity index (χ0v) is 18.5. The number of rotatable bonds is 8. The van der Waals surface area contributed by atoms with Crippen LogP contribution in [-0.2, 0) is 20.8 Å². The Balaban J connectivity index is 1.31.